The highest BCUT2D eigenvalue weighted by molar-refractivity contribution is 5.90. The van der Waals surface area contributed by atoms with E-state index in [-0.39, 0.29) is 11.9 Å². The number of anilines is 2. The topological polar surface area (TPSA) is 67.6 Å². The first kappa shape index (κ1) is 19.0. The fourth-order valence-electron chi connectivity index (χ4n) is 3.29. The molecule has 29 heavy (non-hydrogen) atoms. The van der Waals surface area contributed by atoms with E-state index < -0.39 is 6.09 Å². The molecule has 4 rings (SSSR count). The molecule has 1 saturated heterocycles. The van der Waals surface area contributed by atoms with Gasteiger partial charge in [-0.25, -0.2) is 9.18 Å². The highest BCUT2D eigenvalue weighted by Crippen LogP contribution is 2.29. The van der Waals surface area contributed by atoms with Crippen LogP contribution in [0.3, 0.4) is 0 Å². The normalized spacial score (nSPS) is 16.2. The van der Waals surface area contributed by atoms with Crippen molar-refractivity contribution < 1.29 is 18.4 Å². The van der Waals surface area contributed by atoms with Gasteiger partial charge in [0.25, 0.3) is 0 Å². The number of ether oxygens (including phenoxy) is 1. The lowest BCUT2D eigenvalue weighted by Crippen LogP contribution is -2.24. The molecule has 2 heterocycles. The Hall–Kier alpha value is -3.35. The first-order valence-corrected chi connectivity index (χ1v) is 9.57. The summed E-state index contributed by atoms with van der Waals surface area (Å²) in [6, 6.07) is 14.3. The molecule has 2 aromatic carbocycles. The summed E-state index contributed by atoms with van der Waals surface area (Å²) in [6.45, 7) is 4.83. The highest BCUT2D eigenvalue weighted by Gasteiger charge is 2.31. The van der Waals surface area contributed by atoms with Gasteiger partial charge in [0.1, 0.15) is 11.9 Å². The van der Waals surface area contributed by atoms with Crippen LogP contribution in [0.25, 0.3) is 11.1 Å². The molecule has 1 aliphatic rings. The maximum atomic E-state index is 14.8. The van der Waals surface area contributed by atoms with E-state index in [2.05, 4.69) is 10.5 Å². The SMILES string of the molecule is CC[C@H]1CN(c2ccc(-c3ccc(CNc4cc(C)no4)cc3)c(F)c2)C(=O)O1. The summed E-state index contributed by atoms with van der Waals surface area (Å²) < 4.78 is 25.1. The van der Waals surface area contributed by atoms with Crippen LogP contribution in [-0.4, -0.2) is 23.9 Å². The quantitative estimate of drug-likeness (QED) is 0.626. The Morgan fingerprint density at radius 1 is 1.21 bits per heavy atom. The monoisotopic (exact) mass is 395 g/mol. The average molecular weight is 395 g/mol. The molecule has 0 radical (unpaired) electrons. The third-order valence-electron chi connectivity index (χ3n) is 4.95. The molecule has 0 bridgehead atoms. The number of aryl methyl sites for hydroxylation is 1. The van der Waals surface area contributed by atoms with E-state index in [0.29, 0.717) is 30.2 Å². The smallest absolute Gasteiger partial charge is 0.414 e. The van der Waals surface area contributed by atoms with E-state index in [1.165, 1.54) is 11.0 Å². The number of aromatic nitrogens is 1. The Morgan fingerprint density at radius 3 is 2.62 bits per heavy atom. The molecule has 150 valence electrons. The zero-order valence-electron chi connectivity index (χ0n) is 16.3. The lowest BCUT2D eigenvalue weighted by molar-refractivity contribution is 0.139. The van der Waals surface area contributed by atoms with E-state index in [0.717, 1.165) is 23.2 Å². The number of rotatable bonds is 6. The second-order valence-corrected chi connectivity index (χ2v) is 7.07. The Balaban J connectivity index is 1.46. The Kier molecular flexibility index (Phi) is 5.20. The zero-order valence-corrected chi connectivity index (χ0v) is 16.3. The van der Waals surface area contributed by atoms with E-state index in [1.54, 1.807) is 12.1 Å². The number of halogens is 1. The van der Waals surface area contributed by atoms with Crippen LogP contribution in [0.4, 0.5) is 20.8 Å². The molecule has 0 aliphatic carbocycles. The molecule has 1 atom stereocenters. The van der Waals surface area contributed by atoms with Crippen LogP contribution in [0, 0.1) is 12.7 Å². The number of benzene rings is 2. The van der Waals surface area contributed by atoms with Crippen molar-refractivity contribution in [3.05, 3.63) is 65.6 Å². The van der Waals surface area contributed by atoms with Crippen molar-refractivity contribution in [3.8, 4) is 11.1 Å². The third kappa shape index (κ3) is 4.08. The van der Waals surface area contributed by atoms with Crippen LogP contribution in [0.2, 0.25) is 0 Å². The third-order valence-corrected chi connectivity index (χ3v) is 4.95. The number of hydrogen-bond acceptors (Lipinski definition) is 5. The van der Waals surface area contributed by atoms with Crippen LogP contribution in [0.5, 0.6) is 0 Å². The van der Waals surface area contributed by atoms with Crippen molar-refractivity contribution in [1.29, 1.82) is 0 Å². The van der Waals surface area contributed by atoms with Gasteiger partial charge in [0.05, 0.1) is 17.9 Å². The van der Waals surface area contributed by atoms with Gasteiger partial charge in [-0.1, -0.05) is 36.3 Å². The maximum Gasteiger partial charge on any atom is 0.414 e. The largest absolute Gasteiger partial charge is 0.444 e. The maximum absolute atomic E-state index is 14.8. The molecule has 1 fully saturated rings. The van der Waals surface area contributed by atoms with Gasteiger partial charge in [-0.2, -0.15) is 0 Å². The minimum atomic E-state index is -0.428. The van der Waals surface area contributed by atoms with Crippen molar-refractivity contribution in [2.75, 3.05) is 16.8 Å². The Labute approximate surface area is 168 Å². The standard InChI is InChI=1S/C22H22FN3O3/c1-3-18-13-26(22(27)28-18)17-8-9-19(20(23)11-17)16-6-4-15(5-7-16)12-24-21-10-14(2)25-29-21/h4-11,18,24H,3,12-13H2,1-2H3/t18-/m0/s1. The van der Waals surface area contributed by atoms with Crippen molar-refractivity contribution in [3.63, 3.8) is 0 Å². The van der Waals surface area contributed by atoms with Gasteiger partial charge in [-0.05, 0) is 42.7 Å². The van der Waals surface area contributed by atoms with Crippen LogP contribution in [0.1, 0.15) is 24.6 Å². The molecule has 1 aliphatic heterocycles. The van der Waals surface area contributed by atoms with E-state index in [1.807, 2.05) is 44.2 Å². The van der Waals surface area contributed by atoms with Crippen molar-refractivity contribution >= 4 is 17.7 Å². The van der Waals surface area contributed by atoms with Gasteiger partial charge >= 0.3 is 6.09 Å². The fourth-order valence-corrected chi connectivity index (χ4v) is 3.29. The van der Waals surface area contributed by atoms with E-state index >= 15 is 0 Å². The van der Waals surface area contributed by atoms with Gasteiger partial charge in [0, 0.05) is 18.2 Å². The summed E-state index contributed by atoms with van der Waals surface area (Å²) in [7, 11) is 0. The van der Waals surface area contributed by atoms with Crippen LogP contribution < -0.4 is 10.2 Å². The lowest BCUT2D eigenvalue weighted by Gasteiger charge is -2.14. The molecule has 1 aromatic heterocycles. The van der Waals surface area contributed by atoms with E-state index in [9.17, 15) is 9.18 Å². The molecule has 3 aromatic rings. The van der Waals surface area contributed by atoms with Gasteiger partial charge < -0.3 is 14.6 Å². The summed E-state index contributed by atoms with van der Waals surface area (Å²) in [5.74, 6) is 0.234. The zero-order chi connectivity index (χ0) is 20.4. The molecule has 0 unspecified atom stereocenters. The first-order valence-electron chi connectivity index (χ1n) is 9.57. The predicted octanol–water partition coefficient (Wildman–Crippen LogP) is 5.14. The number of nitrogens with one attached hydrogen (secondary N) is 1. The highest BCUT2D eigenvalue weighted by atomic mass is 19.1. The van der Waals surface area contributed by atoms with Gasteiger partial charge in [0.2, 0.25) is 5.88 Å². The number of amides is 1. The number of carbonyl (C=O) groups excluding carboxylic acids is 1. The molecular formula is C22H22FN3O3. The lowest BCUT2D eigenvalue weighted by atomic mass is 10.0. The molecule has 0 spiro atoms. The number of nitrogens with zero attached hydrogens (tertiary/aromatic N) is 2. The number of hydrogen-bond donors (Lipinski definition) is 1. The van der Waals surface area contributed by atoms with Gasteiger partial charge in [-0.15, -0.1) is 0 Å². The van der Waals surface area contributed by atoms with E-state index in [4.69, 9.17) is 9.26 Å². The summed E-state index contributed by atoms with van der Waals surface area (Å²) in [5, 5.41) is 6.98. The predicted molar refractivity (Wildman–Crippen MR) is 108 cm³/mol. The van der Waals surface area contributed by atoms with Crippen molar-refractivity contribution in [2.24, 2.45) is 0 Å². The molecule has 1 N–H and O–H groups in total. The van der Waals surface area contributed by atoms with Crippen molar-refractivity contribution in [1.82, 2.24) is 5.16 Å². The van der Waals surface area contributed by atoms with Gasteiger partial charge in [-0.3, -0.25) is 4.90 Å². The minimum Gasteiger partial charge on any atom is -0.444 e. The summed E-state index contributed by atoms with van der Waals surface area (Å²) in [5.41, 5.74) is 3.61. The first-order chi connectivity index (χ1) is 14.0. The average Bonchev–Trinajstić information content (AvgIpc) is 3.32. The van der Waals surface area contributed by atoms with Crippen LogP contribution in [0.15, 0.2) is 53.1 Å². The Bertz CT molecular complexity index is 1020. The summed E-state index contributed by atoms with van der Waals surface area (Å²) in [4.78, 5) is 13.5. The molecule has 1 amide bonds. The number of cyclic esters (lactones) is 1. The molecular weight excluding hydrogens is 373 g/mol. The molecule has 7 heteroatoms. The summed E-state index contributed by atoms with van der Waals surface area (Å²) >= 11 is 0. The Morgan fingerprint density at radius 2 is 2.00 bits per heavy atom. The molecule has 0 saturated carbocycles. The summed E-state index contributed by atoms with van der Waals surface area (Å²) in [6.07, 6.45) is 0.162. The second-order valence-electron chi connectivity index (χ2n) is 7.07. The minimum absolute atomic E-state index is 0.146. The molecule has 6 nitrogen and oxygen atoms in total. The van der Waals surface area contributed by atoms with Crippen LogP contribution >= 0.6 is 0 Å². The number of carbonyl (C=O) groups is 1. The van der Waals surface area contributed by atoms with Crippen LogP contribution in [-0.2, 0) is 11.3 Å². The second kappa shape index (κ2) is 7.95. The van der Waals surface area contributed by atoms with Crippen molar-refractivity contribution in [2.45, 2.75) is 32.9 Å². The van der Waals surface area contributed by atoms with Gasteiger partial charge in [0.15, 0.2) is 0 Å². The fraction of sp³-hybridized carbons (Fsp3) is 0.273.